The van der Waals surface area contributed by atoms with Crippen molar-refractivity contribution < 1.29 is 23.8 Å². The summed E-state index contributed by atoms with van der Waals surface area (Å²) in [6, 6.07) is 18.4. The number of aliphatic hydroxyl groups is 1. The standard InChI is InChI=1S/C31H32FNO4/c1-6-37-24-9-7-8-20(17-24)18-33-27(21-10-13-23(14-11-21)31(3,4)5)26(29(35)30(33)36)28(34)22-12-15-25(32)19(2)16-22/h7-17,27,34H,6,18H2,1-5H3/b28-26-. The largest absolute Gasteiger partial charge is 0.507 e. The molecule has 0 bridgehead atoms. The van der Waals surface area contributed by atoms with Crippen LogP contribution in [0, 0.1) is 12.7 Å². The number of benzene rings is 3. The second-order valence-electron chi connectivity index (χ2n) is 10.3. The van der Waals surface area contributed by atoms with E-state index in [2.05, 4.69) is 20.8 Å². The number of likely N-dealkylation sites (tertiary alicyclic amines) is 1. The summed E-state index contributed by atoms with van der Waals surface area (Å²) in [5.74, 6) is -1.54. The summed E-state index contributed by atoms with van der Waals surface area (Å²) >= 11 is 0. The van der Waals surface area contributed by atoms with Crippen LogP contribution in [0.5, 0.6) is 5.75 Å². The number of nitrogens with zero attached hydrogens (tertiary/aromatic N) is 1. The van der Waals surface area contributed by atoms with Gasteiger partial charge in [0.1, 0.15) is 17.3 Å². The Morgan fingerprint density at radius 3 is 2.35 bits per heavy atom. The van der Waals surface area contributed by atoms with Crippen LogP contribution >= 0.6 is 0 Å². The number of rotatable bonds is 6. The number of carbonyl (C=O) groups excluding carboxylic acids is 2. The van der Waals surface area contributed by atoms with E-state index >= 15 is 0 Å². The summed E-state index contributed by atoms with van der Waals surface area (Å²) in [6.07, 6.45) is 0. The molecular weight excluding hydrogens is 469 g/mol. The van der Waals surface area contributed by atoms with Gasteiger partial charge in [-0.05, 0) is 71.8 Å². The van der Waals surface area contributed by atoms with Crippen molar-refractivity contribution in [3.05, 3.63) is 106 Å². The van der Waals surface area contributed by atoms with E-state index in [1.54, 1.807) is 6.92 Å². The van der Waals surface area contributed by atoms with Gasteiger partial charge in [0, 0.05) is 12.1 Å². The van der Waals surface area contributed by atoms with Crippen LogP contribution in [0.25, 0.3) is 5.76 Å². The molecule has 1 fully saturated rings. The Balaban J connectivity index is 1.84. The first kappa shape index (κ1) is 26.1. The molecule has 0 aromatic heterocycles. The molecule has 1 saturated heterocycles. The van der Waals surface area contributed by atoms with Gasteiger partial charge in [0.05, 0.1) is 18.2 Å². The molecule has 1 heterocycles. The van der Waals surface area contributed by atoms with Crippen LogP contribution in [0.1, 0.15) is 61.6 Å². The highest BCUT2D eigenvalue weighted by molar-refractivity contribution is 6.46. The average molecular weight is 502 g/mol. The summed E-state index contributed by atoms with van der Waals surface area (Å²) in [5, 5.41) is 11.3. The molecule has 192 valence electrons. The lowest BCUT2D eigenvalue weighted by molar-refractivity contribution is -0.140. The molecule has 0 aliphatic carbocycles. The minimum absolute atomic E-state index is 0.0134. The first-order valence-corrected chi connectivity index (χ1v) is 12.4. The van der Waals surface area contributed by atoms with E-state index in [-0.39, 0.29) is 28.9 Å². The SMILES string of the molecule is CCOc1cccc(CN2C(=O)C(=O)/C(=C(\O)c3ccc(F)c(C)c3)C2c2ccc(C(C)(C)C)cc2)c1. The minimum Gasteiger partial charge on any atom is -0.507 e. The van der Waals surface area contributed by atoms with Crippen LogP contribution in [-0.4, -0.2) is 28.3 Å². The molecule has 6 heteroatoms. The van der Waals surface area contributed by atoms with Gasteiger partial charge in [-0.1, -0.05) is 57.2 Å². The van der Waals surface area contributed by atoms with Crippen LogP contribution in [-0.2, 0) is 21.5 Å². The molecule has 4 rings (SSSR count). The number of ether oxygens (including phenoxy) is 1. The van der Waals surface area contributed by atoms with Gasteiger partial charge in [0.25, 0.3) is 11.7 Å². The molecule has 0 saturated carbocycles. The second-order valence-corrected chi connectivity index (χ2v) is 10.3. The Labute approximate surface area is 217 Å². The molecule has 1 aliphatic rings. The van der Waals surface area contributed by atoms with Gasteiger partial charge >= 0.3 is 0 Å². The van der Waals surface area contributed by atoms with Gasteiger partial charge in [-0.15, -0.1) is 0 Å². The van der Waals surface area contributed by atoms with Crippen LogP contribution in [0.3, 0.4) is 0 Å². The number of amides is 1. The van der Waals surface area contributed by atoms with Gasteiger partial charge in [-0.25, -0.2) is 4.39 Å². The van der Waals surface area contributed by atoms with Crippen molar-refractivity contribution in [1.82, 2.24) is 4.90 Å². The number of hydrogen-bond donors (Lipinski definition) is 1. The molecule has 1 atom stereocenters. The molecule has 1 N–H and O–H groups in total. The minimum atomic E-state index is -0.810. The van der Waals surface area contributed by atoms with Gasteiger partial charge in [0.15, 0.2) is 0 Å². The van der Waals surface area contributed by atoms with Crippen LogP contribution in [0.4, 0.5) is 4.39 Å². The summed E-state index contributed by atoms with van der Waals surface area (Å²) in [6.45, 7) is 10.5. The molecule has 1 amide bonds. The molecule has 0 spiro atoms. The van der Waals surface area contributed by atoms with E-state index < -0.39 is 23.5 Å². The Kier molecular flexibility index (Phi) is 7.21. The third kappa shape index (κ3) is 5.29. The van der Waals surface area contributed by atoms with Crippen molar-refractivity contribution in [2.24, 2.45) is 0 Å². The van der Waals surface area contributed by atoms with Gasteiger partial charge in [-0.2, -0.15) is 0 Å². The van der Waals surface area contributed by atoms with Crippen molar-refractivity contribution >= 4 is 17.4 Å². The number of ketones is 1. The van der Waals surface area contributed by atoms with E-state index in [0.29, 0.717) is 23.5 Å². The number of carbonyl (C=O) groups is 2. The molecule has 1 unspecified atom stereocenters. The maximum absolute atomic E-state index is 13.9. The first-order chi connectivity index (χ1) is 17.5. The Morgan fingerprint density at radius 1 is 1.03 bits per heavy atom. The Morgan fingerprint density at radius 2 is 1.73 bits per heavy atom. The second kappa shape index (κ2) is 10.2. The van der Waals surface area contributed by atoms with Crippen molar-refractivity contribution in [3.63, 3.8) is 0 Å². The molecule has 0 radical (unpaired) electrons. The average Bonchev–Trinajstić information content (AvgIpc) is 3.10. The lowest BCUT2D eigenvalue weighted by Crippen LogP contribution is -2.29. The zero-order valence-corrected chi connectivity index (χ0v) is 21.8. The molecule has 3 aromatic rings. The molecule has 3 aromatic carbocycles. The Hall–Kier alpha value is -3.93. The predicted octanol–water partition coefficient (Wildman–Crippen LogP) is 6.45. The zero-order chi connectivity index (χ0) is 26.9. The van der Waals surface area contributed by atoms with Gasteiger partial charge in [0.2, 0.25) is 0 Å². The number of hydrogen-bond acceptors (Lipinski definition) is 4. The summed E-state index contributed by atoms with van der Waals surface area (Å²) in [4.78, 5) is 28.2. The van der Waals surface area contributed by atoms with E-state index in [1.165, 1.54) is 23.1 Å². The highest BCUT2D eigenvalue weighted by atomic mass is 19.1. The quantitative estimate of drug-likeness (QED) is 0.239. The van der Waals surface area contributed by atoms with Gasteiger partial charge < -0.3 is 14.7 Å². The molecular formula is C31H32FNO4. The fourth-order valence-electron chi connectivity index (χ4n) is 4.60. The lowest BCUT2D eigenvalue weighted by Gasteiger charge is -2.27. The summed E-state index contributed by atoms with van der Waals surface area (Å²) < 4.78 is 19.5. The maximum Gasteiger partial charge on any atom is 0.295 e. The van der Waals surface area contributed by atoms with Crippen LogP contribution in [0.15, 0.2) is 72.3 Å². The predicted molar refractivity (Wildman–Crippen MR) is 142 cm³/mol. The fraction of sp³-hybridized carbons (Fsp3) is 0.290. The van der Waals surface area contributed by atoms with Crippen molar-refractivity contribution in [2.45, 2.75) is 52.6 Å². The van der Waals surface area contributed by atoms with Crippen LogP contribution < -0.4 is 4.74 Å². The van der Waals surface area contributed by atoms with E-state index in [4.69, 9.17) is 4.74 Å². The van der Waals surface area contributed by atoms with Crippen molar-refractivity contribution in [1.29, 1.82) is 0 Å². The topological polar surface area (TPSA) is 66.8 Å². The van der Waals surface area contributed by atoms with Crippen molar-refractivity contribution in [2.75, 3.05) is 6.61 Å². The highest BCUT2D eigenvalue weighted by Gasteiger charge is 2.46. The summed E-state index contributed by atoms with van der Waals surface area (Å²) in [7, 11) is 0. The molecule has 1 aliphatic heterocycles. The van der Waals surface area contributed by atoms with E-state index in [9.17, 15) is 19.1 Å². The zero-order valence-electron chi connectivity index (χ0n) is 21.8. The van der Waals surface area contributed by atoms with E-state index in [0.717, 1.165) is 11.1 Å². The third-order valence-corrected chi connectivity index (χ3v) is 6.63. The highest BCUT2D eigenvalue weighted by Crippen LogP contribution is 2.41. The molecule has 5 nitrogen and oxygen atoms in total. The number of aryl methyl sites for hydroxylation is 1. The van der Waals surface area contributed by atoms with Crippen molar-refractivity contribution in [3.8, 4) is 5.75 Å². The van der Waals surface area contributed by atoms with Gasteiger partial charge in [-0.3, -0.25) is 9.59 Å². The smallest absolute Gasteiger partial charge is 0.295 e. The first-order valence-electron chi connectivity index (χ1n) is 12.4. The number of halogens is 1. The maximum atomic E-state index is 13.9. The molecule has 37 heavy (non-hydrogen) atoms. The normalized spacial score (nSPS) is 17.4. The van der Waals surface area contributed by atoms with E-state index in [1.807, 2.05) is 55.5 Å². The summed E-state index contributed by atoms with van der Waals surface area (Å²) in [5.41, 5.74) is 3.12. The number of aliphatic hydroxyl groups excluding tert-OH is 1. The number of Topliss-reactive ketones (excluding diaryl/α,β-unsaturated/α-hetero) is 1. The third-order valence-electron chi connectivity index (χ3n) is 6.63. The lowest BCUT2D eigenvalue weighted by atomic mass is 9.85. The van der Waals surface area contributed by atoms with Crippen LogP contribution in [0.2, 0.25) is 0 Å². The monoisotopic (exact) mass is 501 g/mol. The Bertz CT molecular complexity index is 1370. The fourth-order valence-corrected chi connectivity index (χ4v) is 4.60.